The number of hydrogen-bond acceptors (Lipinski definition) is 2. The molecule has 88 valence electrons. The quantitative estimate of drug-likeness (QED) is 0.427. The van der Waals surface area contributed by atoms with Crippen molar-refractivity contribution < 1.29 is 35.9 Å². The zero-order chi connectivity index (χ0) is 12.3. The Hall–Kier alpha value is -1.21. The van der Waals surface area contributed by atoms with E-state index in [2.05, 4.69) is 4.74 Å². The van der Waals surface area contributed by atoms with Crippen LogP contribution < -0.4 is 0 Å². The molecule has 2 nitrogen and oxygen atoms in total. The summed E-state index contributed by atoms with van der Waals surface area (Å²) >= 11 is 0. The number of esters is 1. The highest BCUT2D eigenvalue weighted by Gasteiger charge is 2.61. The van der Waals surface area contributed by atoms with Gasteiger partial charge in [0.05, 0.1) is 12.7 Å². The molecule has 0 aromatic rings. The van der Waals surface area contributed by atoms with Gasteiger partial charge in [-0.2, -0.15) is 22.0 Å². The smallest absolute Gasteiger partial charge is 0.460 e. The monoisotopic (exact) mass is 236 g/mol. The Morgan fingerprint density at radius 2 is 1.73 bits per heavy atom. The second-order valence-corrected chi connectivity index (χ2v) is 2.32. The van der Waals surface area contributed by atoms with Crippen LogP contribution in [0.4, 0.5) is 26.3 Å². The van der Waals surface area contributed by atoms with E-state index in [1.54, 1.807) is 0 Å². The first kappa shape index (κ1) is 13.8. The van der Waals surface area contributed by atoms with Crippen molar-refractivity contribution in [3.05, 3.63) is 11.9 Å². The third-order valence-corrected chi connectivity index (χ3v) is 1.19. The van der Waals surface area contributed by atoms with Crippen molar-refractivity contribution >= 4 is 5.97 Å². The molecule has 0 aliphatic rings. The predicted molar refractivity (Wildman–Crippen MR) is 36.8 cm³/mol. The lowest BCUT2D eigenvalue weighted by molar-refractivity contribution is -0.270. The molecule has 0 fully saturated rings. The summed E-state index contributed by atoms with van der Waals surface area (Å²) < 4.78 is 75.2. The fraction of sp³-hybridized carbons (Fsp3) is 0.571. The maximum absolute atomic E-state index is 12.3. The van der Waals surface area contributed by atoms with Crippen molar-refractivity contribution in [2.75, 3.05) is 6.61 Å². The van der Waals surface area contributed by atoms with E-state index in [0.717, 1.165) is 0 Å². The van der Waals surface area contributed by atoms with Crippen molar-refractivity contribution in [3.8, 4) is 0 Å². The molecule has 0 aliphatic carbocycles. The first-order chi connectivity index (χ1) is 6.63. The van der Waals surface area contributed by atoms with Crippen molar-refractivity contribution in [1.82, 2.24) is 0 Å². The van der Waals surface area contributed by atoms with E-state index in [-0.39, 0.29) is 6.61 Å². The van der Waals surface area contributed by atoms with E-state index in [1.165, 1.54) is 6.92 Å². The molecule has 0 rings (SSSR count). The molecule has 0 radical (unpaired) electrons. The van der Waals surface area contributed by atoms with Gasteiger partial charge in [0, 0.05) is 0 Å². The van der Waals surface area contributed by atoms with Crippen LogP contribution in [0.2, 0.25) is 0 Å². The number of halogens is 6. The standard InChI is InChI=1S/C7H6F6O2/c1-2-15-5(14)3-4(8)6(9,10)7(11,12)13/h3H,2H2,1H3/b4-3-. The van der Waals surface area contributed by atoms with Gasteiger partial charge in [-0.1, -0.05) is 0 Å². The Kier molecular flexibility index (Phi) is 4.17. The number of hydrogen-bond donors (Lipinski definition) is 0. The number of carbonyl (C=O) groups excluding carboxylic acids is 1. The Labute approximate surface area is 80.5 Å². The molecule has 0 saturated carbocycles. The molecule has 15 heavy (non-hydrogen) atoms. The predicted octanol–water partition coefficient (Wildman–Crippen LogP) is 2.60. The number of carbonyl (C=O) groups is 1. The van der Waals surface area contributed by atoms with Crippen molar-refractivity contribution in [2.24, 2.45) is 0 Å². The van der Waals surface area contributed by atoms with E-state index in [4.69, 9.17) is 0 Å². The Bertz CT molecular complexity index is 267. The highest BCUT2D eigenvalue weighted by atomic mass is 19.4. The molecule has 0 unspecified atom stereocenters. The van der Waals surface area contributed by atoms with Crippen molar-refractivity contribution in [2.45, 2.75) is 19.0 Å². The fourth-order valence-corrected chi connectivity index (χ4v) is 0.513. The summed E-state index contributed by atoms with van der Waals surface area (Å²) in [7, 11) is 0. The van der Waals surface area contributed by atoms with Crippen LogP contribution in [0.15, 0.2) is 11.9 Å². The molecule has 8 heteroatoms. The van der Waals surface area contributed by atoms with Gasteiger partial charge in [0.25, 0.3) is 0 Å². The minimum absolute atomic E-state index is 0.264. The average molecular weight is 236 g/mol. The Morgan fingerprint density at radius 1 is 1.27 bits per heavy atom. The molecular weight excluding hydrogens is 230 g/mol. The molecule has 0 spiro atoms. The number of alkyl halides is 5. The molecule has 0 atom stereocenters. The summed E-state index contributed by atoms with van der Waals surface area (Å²) in [6, 6.07) is 0. The molecule has 0 aromatic carbocycles. The third kappa shape index (κ3) is 3.45. The second kappa shape index (κ2) is 4.54. The highest BCUT2D eigenvalue weighted by Crippen LogP contribution is 2.41. The molecule has 0 amide bonds. The summed E-state index contributed by atoms with van der Waals surface area (Å²) in [6.45, 7) is 1.02. The van der Waals surface area contributed by atoms with Gasteiger partial charge in [0.2, 0.25) is 0 Å². The maximum atomic E-state index is 12.3. The first-order valence-corrected chi connectivity index (χ1v) is 3.62. The lowest BCUT2D eigenvalue weighted by Gasteiger charge is -2.17. The van der Waals surface area contributed by atoms with E-state index in [9.17, 15) is 31.1 Å². The van der Waals surface area contributed by atoms with Crippen LogP contribution in [-0.2, 0) is 9.53 Å². The zero-order valence-corrected chi connectivity index (χ0v) is 7.37. The van der Waals surface area contributed by atoms with Crippen LogP contribution in [0.25, 0.3) is 0 Å². The second-order valence-electron chi connectivity index (χ2n) is 2.32. The van der Waals surface area contributed by atoms with Gasteiger partial charge in [0.1, 0.15) is 0 Å². The number of ether oxygens (including phenoxy) is 1. The van der Waals surface area contributed by atoms with E-state index >= 15 is 0 Å². The van der Waals surface area contributed by atoms with Crippen LogP contribution in [0.1, 0.15) is 6.92 Å². The lowest BCUT2D eigenvalue weighted by Crippen LogP contribution is -2.37. The summed E-state index contributed by atoms with van der Waals surface area (Å²) in [5.41, 5.74) is 0. The normalized spacial score (nSPS) is 13.9. The van der Waals surface area contributed by atoms with Gasteiger partial charge in [-0.3, -0.25) is 0 Å². The van der Waals surface area contributed by atoms with Gasteiger partial charge in [-0.05, 0) is 6.92 Å². The molecule has 0 heterocycles. The zero-order valence-electron chi connectivity index (χ0n) is 7.37. The number of rotatable bonds is 3. The number of allylic oxidation sites excluding steroid dienone is 1. The van der Waals surface area contributed by atoms with E-state index in [0.29, 0.717) is 0 Å². The van der Waals surface area contributed by atoms with Crippen LogP contribution in [-0.4, -0.2) is 24.7 Å². The Morgan fingerprint density at radius 3 is 2.07 bits per heavy atom. The van der Waals surface area contributed by atoms with Crippen molar-refractivity contribution in [3.63, 3.8) is 0 Å². The Balaban J connectivity index is 4.84. The van der Waals surface area contributed by atoms with Crippen LogP contribution in [0.3, 0.4) is 0 Å². The minimum Gasteiger partial charge on any atom is -0.463 e. The maximum Gasteiger partial charge on any atom is 0.460 e. The SMILES string of the molecule is CCOC(=O)/C=C(\F)C(F)(F)C(F)(F)F. The first-order valence-electron chi connectivity index (χ1n) is 3.62. The largest absolute Gasteiger partial charge is 0.463 e. The molecule has 0 aromatic heterocycles. The van der Waals surface area contributed by atoms with Crippen LogP contribution >= 0.6 is 0 Å². The summed E-state index contributed by atoms with van der Waals surface area (Å²) in [5.74, 6) is -10.2. The molecule has 0 bridgehead atoms. The van der Waals surface area contributed by atoms with Gasteiger partial charge >= 0.3 is 18.1 Å². The van der Waals surface area contributed by atoms with Gasteiger partial charge in [-0.15, -0.1) is 0 Å². The van der Waals surface area contributed by atoms with Gasteiger partial charge < -0.3 is 4.74 Å². The van der Waals surface area contributed by atoms with Gasteiger partial charge in [-0.25, -0.2) is 9.18 Å². The topological polar surface area (TPSA) is 26.3 Å². The minimum atomic E-state index is -6.08. The van der Waals surface area contributed by atoms with E-state index in [1.807, 2.05) is 0 Å². The van der Waals surface area contributed by atoms with E-state index < -0.39 is 30.0 Å². The third-order valence-electron chi connectivity index (χ3n) is 1.19. The lowest BCUT2D eigenvalue weighted by atomic mass is 10.2. The summed E-state index contributed by atoms with van der Waals surface area (Å²) in [5, 5.41) is 0. The fourth-order valence-electron chi connectivity index (χ4n) is 0.513. The molecular formula is C7H6F6O2. The molecule has 0 saturated heterocycles. The van der Waals surface area contributed by atoms with Crippen LogP contribution in [0, 0.1) is 0 Å². The summed E-state index contributed by atoms with van der Waals surface area (Å²) in [6.07, 6.45) is -6.61. The van der Waals surface area contributed by atoms with Gasteiger partial charge in [0.15, 0.2) is 5.83 Å². The molecule has 0 aliphatic heterocycles. The van der Waals surface area contributed by atoms with Crippen molar-refractivity contribution in [1.29, 1.82) is 0 Å². The average Bonchev–Trinajstić information content (AvgIpc) is 2.02. The summed E-state index contributed by atoms with van der Waals surface area (Å²) in [4.78, 5) is 10.4. The van der Waals surface area contributed by atoms with Crippen LogP contribution in [0.5, 0.6) is 0 Å². The molecule has 0 N–H and O–H groups in total. The highest BCUT2D eigenvalue weighted by molar-refractivity contribution is 5.82.